The molecule has 8 aromatic carbocycles. The van der Waals surface area contributed by atoms with Crippen LogP contribution in [0.2, 0.25) is 0 Å². The normalized spacial score (nSPS) is 11.6. The zero-order valence-electron chi connectivity index (χ0n) is 30.2. The second kappa shape index (κ2) is 13.0. The minimum atomic E-state index is 0.632. The van der Waals surface area contributed by atoms with Crippen molar-refractivity contribution >= 4 is 43.7 Å². The summed E-state index contributed by atoms with van der Waals surface area (Å²) in [5.74, 6) is 1.92. The van der Waals surface area contributed by atoms with Gasteiger partial charge >= 0.3 is 0 Å². The fourth-order valence-corrected chi connectivity index (χ4v) is 8.03. The van der Waals surface area contributed by atoms with Crippen LogP contribution in [0.4, 0.5) is 0 Å². The average Bonchev–Trinajstić information content (AvgIpc) is 3.83. The molecule has 0 atom stereocenters. The van der Waals surface area contributed by atoms with Crippen molar-refractivity contribution < 1.29 is 4.42 Å². The van der Waals surface area contributed by atoms with Gasteiger partial charge in [0.1, 0.15) is 11.2 Å². The van der Waals surface area contributed by atoms with Crippen LogP contribution >= 0.6 is 0 Å². The molecule has 11 aromatic rings. The van der Waals surface area contributed by atoms with Crippen LogP contribution in [0.1, 0.15) is 0 Å². The fraction of sp³-hybridized carbons (Fsp3) is 0. The first-order valence-electron chi connectivity index (χ1n) is 18.8. The number of fused-ring (bicyclic) bond motifs is 6. The highest BCUT2D eigenvalue weighted by atomic mass is 16.3. The molecule has 5 heteroatoms. The summed E-state index contributed by atoms with van der Waals surface area (Å²) in [7, 11) is 0. The molecule has 0 fully saturated rings. The highest BCUT2D eigenvalue weighted by Crippen LogP contribution is 2.43. The van der Waals surface area contributed by atoms with Gasteiger partial charge in [0.05, 0.1) is 11.0 Å². The molecule has 0 unspecified atom stereocenters. The van der Waals surface area contributed by atoms with Crippen LogP contribution < -0.4 is 0 Å². The Labute approximate surface area is 322 Å². The van der Waals surface area contributed by atoms with E-state index in [1.54, 1.807) is 0 Å². The molecular formula is C51H32N4O. The van der Waals surface area contributed by atoms with E-state index in [9.17, 15) is 0 Å². The summed E-state index contributed by atoms with van der Waals surface area (Å²) in [4.78, 5) is 14.8. The smallest absolute Gasteiger partial charge is 0.164 e. The van der Waals surface area contributed by atoms with Gasteiger partial charge in [0.2, 0.25) is 0 Å². The molecule has 0 bridgehead atoms. The molecule has 56 heavy (non-hydrogen) atoms. The van der Waals surface area contributed by atoms with Crippen molar-refractivity contribution in [3.63, 3.8) is 0 Å². The summed E-state index contributed by atoms with van der Waals surface area (Å²) in [6, 6.07) is 67.4. The summed E-state index contributed by atoms with van der Waals surface area (Å²) in [5.41, 5.74) is 12.5. The van der Waals surface area contributed by atoms with Gasteiger partial charge in [-0.2, -0.15) is 0 Å². The lowest BCUT2D eigenvalue weighted by molar-refractivity contribution is 0.670. The maximum Gasteiger partial charge on any atom is 0.164 e. The number of hydrogen-bond acceptors (Lipinski definition) is 4. The lowest BCUT2D eigenvalue weighted by Crippen LogP contribution is -2.00. The van der Waals surface area contributed by atoms with Crippen LogP contribution in [-0.4, -0.2) is 19.5 Å². The summed E-state index contributed by atoms with van der Waals surface area (Å²) < 4.78 is 8.95. The highest BCUT2D eigenvalue weighted by Gasteiger charge is 2.19. The van der Waals surface area contributed by atoms with Gasteiger partial charge in [-0.15, -0.1) is 0 Å². The first-order valence-corrected chi connectivity index (χ1v) is 18.8. The third kappa shape index (κ3) is 5.29. The van der Waals surface area contributed by atoms with E-state index in [1.807, 2.05) is 72.8 Å². The second-order valence-corrected chi connectivity index (χ2v) is 14.0. The third-order valence-electron chi connectivity index (χ3n) is 10.7. The Kier molecular flexibility index (Phi) is 7.42. The second-order valence-electron chi connectivity index (χ2n) is 14.0. The predicted molar refractivity (Wildman–Crippen MR) is 229 cm³/mol. The van der Waals surface area contributed by atoms with Crippen molar-refractivity contribution in [2.24, 2.45) is 0 Å². The zero-order chi connectivity index (χ0) is 37.0. The molecule has 0 amide bonds. The van der Waals surface area contributed by atoms with E-state index in [0.717, 1.165) is 77.6 Å². The van der Waals surface area contributed by atoms with Gasteiger partial charge in [0.15, 0.2) is 17.5 Å². The highest BCUT2D eigenvalue weighted by molar-refractivity contribution is 6.17. The molecule has 0 N–H and O–H groups in total. The van der Waals surface area contributed by atoms with Crippen LogP contribution in [0.3, 0.4) is 0 Å². The minimum absolute atomic E-state index is 0.632. The molecular weight excluding hydrogens is 685 g/mol. The molecule has 11 rings (SSSR count). The molecule has 0 aliphatic carbocycles. The van der Waals surface area contributed by atoms with E-state index in [1.165, 1.54) is 10.8 Å². The minimum Gasteiger partial charge on any atom is -0.455 e. The Balaban J connectivity index is 1.04. The van der Waals surface area contributed by atoms with Gasteiger partial charge in [-0.25, -0.2) is 15.0 Å². The number of rotatable bonds is 6. The number of furan rings is 1. The average molecular weight is 717 g/mol. The Bertz CT molecular complexity index is 3160. The van der Waals surface area contributed by atoms with Gasteiger partial charge in [-0.3, -0.25) is 0 Å². The van der Waals surface area contributed by atoms with E-state index >= 15 is 0 Å². The van der Waals surface area contributed by atoms with E-state index in [2.05, 4.69) is 126 Å². The van der Waals surface area contributed by atoms with E-state index in [4.69, 9.17) is 19.4 Å². The fourth-order valence-electron chi connectivity index (χ4n) is 8.03. The van der Waals surface area contributed by atoms with Crippen molar-refractivity contribution in [2.45, 2.75) is 0 Å². The molecule has 0 aliphatic rings. The van der Waals surface area contributed by atoms with Crippen LogP contribution in [0, 0.1) is 0 Å². The van der Waals surface area contributed by atoms with Crippen LogP contribution in [0.25, 0.3) is 106 Å². The molecule has 0 spiro atoms. The molecule has 262 valence electrons. The maximum absolute atomic E-state index is 6.60. The lowest BCUT2D eigenvalue weighted by atomic mass is 9.94. The van der Waals surface area contributed by atoms with E-state index < -0.39 is 0 Å². The number of hydrogen-bond donors (Lipinski definition) is 0. The van der Waals surface area contributed by atoms with Crippen molar-refractivity contribution in [1.82, 2.24) is 19.5 Å². The van der Waals surface area contributed by atoms with Crippen molar-refractivity contribution in [3.8, 4) is 62.1 Å². The van der Waals surface area contributed by atoms with E-state index in [-0.39, 0.29) is 0 Å². The largest absolute Gasteiger partial charge is 0.455 e. The van der Waals surface area contributed by atoms with Crippen LogP contribution in [0.15, 0.2) is 199 Å². The molecule has 0 saturated heterocycles. The third-order valence-corrected chi connectivity index (χ3v) is 10.7. The number of benzene rings is 8. The SMILES string of the molecule is c1ccc(-c2nc(-c3ccccc3)nc(-c3ccc(-n4c5ccccc5c5cc(-c6ccc(-c7ccccc7)c7oc8ccccc8c67)ccc54)cc3)n2)cc1. The monoisotopic (exact) mass is 716 g/mol. The van der Waals surface area contributed by atoms with Gasteiger partial charge in [0, 0.05) is 49.5 Å². The van der Waals surface area contributed by atoms with Crippen molar-refractivity contribution in [2.75, 3.05) is 0 Å². The number of para-hydroxylation sites is 2. The quantitative estimate of drug-likeness (QED) is 0.172. The first kappa shape index (κ1) is 31.9. The summed E-state index contributed by atoms with van der Waals surface area (Å²) in [5, 5.41) is 4.63. The molecule has 3 heterocycles. The predicted octanol–water partition coefficient (Wildman–Crippen LogP) is 13.2. The molecule has 5 nitrogen and oxygen atoms in total. The van der Waals surface area contributed by atoms with Crippen molar-refractivity contribution in [1.29, 1.82) is 0 Å². The van der Waals surface area contributed by atoms with Gasteiger partial charge in [-0.05, 0) is 71.3 Å². The van der Waals surface area contributed by atoms with Gasteiger partial charge in [0.25, 0.3) is 0 Å². The van der Waals surface area contributed by atoms with Gasteiger partial charge < -0.3 is 8.98 Å². The van der Waals surface area contributed by atoms with E-state index in [0.29, 0.717) is 17.5 Å². The van der Waals surface area contributed by atoms with Crippen molar-refractivity contribution in [3.05, 3.63) is 194 Å². The topological polar surface area (TPSA) is 56.7 Å². The molecule has 0 aliphatic heterocycles. The Morgan fingerprint density at radius 3 is 1.52 bits per heavy atom. The maximum atomic E-state index is 6.60. The van der Waals surface area contributed by atoms with Crippen LogP contribution in [0.5, 0.6) is 0 Å². The zero-order valence-corrected chi connectivity index (χ0v) is 30.2. The number of nitrogens with zero attached hydrogens (tertiary/aromatic N) is 4. The Hall–Kier alpha value is -7.63. The van der Waals surface area contributed by atoms with Crippen LogP contribution in [-0.2, 0) is 0 Å². The Morgan fingerprint density at radius 1 is 0.357 bits per heavy atom. The molecule has 0 saturated carbocycles. The lowest BCUT2D eigenvalue weighted by Gasteiger charge is -2.11. The Morgan fingerprint density at radius 2 is 0.857 bits per heavy atom. The van der Waals surface area contributed by atoms with Gasteiger partial charge in [-0.1, -0.05) is 140 Å². The number of aromatic nitrogens is 4. The molecule has 3 aromatic heterocycles. The standard InChI is InChI=1S/C51H32N4O/c1-4-14-33(15-5-1)40-30-29-39(47-42-21-11-13-23-46(42)56-48(40)47)37-26-31-45-43(32-37)41-20-10-12-22-44(41)55(45)38-27-24-36(25-28-38)51-53-49(34-16-6-2-7-17-34)52-50(54-51)35-18-8-3-9-19-35/h1-32H. The summed E-state index contributed by atoms with van der Waals surface area (Å²) in [6.45, 7) is 0. The first-order chi connectivity index (χ1) is 27.8. The summed E-state index contributed by atoms with van der Waals surface area (Å²) >= 11 is 0. The molecule has 0 radical (unpaired) electrons. The summed E-state index contributed by atoms with van der Waals surface area (Å²) in [6.07, 6.45) is 0.